The molecule has 0 amide bonds. The first-order valence-corrected chi connectivity index (χ1v) is 9.01. The fourth-order valence-electron chi connectivity index (χ4n) is 2.48. The largest absolute Gasteiger partial charge is 0.434 e. The first-order valence-electron chi connectivity index (χ1n) is 8.26. The highest BCUT2D eigenvalue weighted by molar-refractivity contribution is 6.37. The smallest absolute Gasteiger partial charge is 0.342 e. The molecule has 0 saturated heterocycles. The summed E-state index contributed by atoms with van der Waals surface area (Å²) in [7, 11) is 0. The topological polar surface area (TPSA) is 134 Å². The van der Waals surface area contributed by atoms with Gasteiger partial charge in [-0.05, 0) is 24.5 Å². The highest BCUT2D eigenvalue weighted by atomic mass is 35.5. The molecule has 0 aliphatic carbocycles. The number of ether oxygens (including phenoxy) is 1. The molecule has 3 N–H and O–H groups in total. The Bertz CT molecular complexity index is 1180. The second kappa shape index (κ2) is 7.99. The molecule has 1 aromatic carbocycles. The van der Waals surface area contributed by atoms with Crippen LogP contribution in [0.5, 0.6) is 11.6 Å². The molecule has 0 aliphatic heterocycles. The van der Waals surface area contributed by atoms with Crippen LogP contribution in [-0.4, -0.2) is 25.4 Å². The minimum Gasteiger partial charge on any atom is -0.434 e. The van der Waals surface area contributed by atoms with Crippen LogP contribution in [0.25, 0.3) is 11.3 Å². The average Bonchev–Trinajstić information content (AvgIpc) is 2.65. The van der Waals surface area contributed by atoms with Gasteiger partial charge in [-0.25, -0.2) is 15.0 Å². The normalized spacial score (nSPS) is 12.0. The molecule has 0 radical (unpaired) electrons. The molecule has 3 rings (SSSR count). The molecule has 2 aromatic heterocycles. The monoisotopic (exact) mass is 423 g/mol. The van der Waals surface area contributed by atoms with Crippen molar-refractivity contribution in [3.63, 3.8) is 0 Å². The van der Waals surface area contributed by atoms with Crippen molar-refractivity contribution in [1.29, 1.82) is 0 Å². The molecule has 11 heteroatoms. The second-order valence-electron chi connectivity index (χ2n) is 6.03. The summed E-state index contributed by atoms with van der Waals surface area (Å²) in [6, 6.07) is 4.36. The Morgan fingerprint density at radius 2 is 1.71 bits per heavy atom. The summed E-state index contributed by atoms with van der Waals surface area (Å²) in [5.41, 5.74) is -0.958. The summed E-state index contributed by atoms with van der Waals surface area (Å²) in [5.74, 6) is 0.231. The number of aromatic nitrogens is 5. The molecule has 9 nitrogen and oxygen atoms in total. The van der Waals surface area contributed by atoms with Crippen LogP contribution >= 0.6 is 23.2 Å². The standard InChI is InChI=1S/C17H15Cl2N5O4/c1-3-7(2)9-6-12(21-23-15(9)25)28-14-10(18)4-8(5-11(14)19)13-16(26)20-17(27)24-22-13/h4-7H,3H2,1-2H3,(H,23,25)(H2,20,24,26,27). The zero-order valence-electron chi connectivity index (χ0n) is 14.8. The third-order valence-corrected chi connectivity index (χ3v) is 4.70. The molecule has 2 heterocycles. The van der Waals surface area contributed by atoms with Crippen molar-refractivity contribution in [1.82, 2.24) is 25.4 Å². The first kappa shape index (κ1) is 19.8. The Morgan fingerprint density at radius 1 is 1.04 bits per heavy atom. The molecule has 0 aliphatic rings. The molecule has 146 valence electrons. The van der Waals surface area contributed by atoms with Gasteiger partial charge in [-0.3, -0.25) is 14.6 Å². The van der Waals surface area contributed by atoms with E-state index in [1.54, 1.807) is 0 Å². The average molecular weight is 424 g/mol. The van der Waals surface area contributed by atoms with E-state index in [4.69, 9.17) is 27.9 Å². The van der Waals surface area contributed by atoms with Crippen LogP contribution in [0.2, 0.25) is 10.0 Å². The second-order valence-corrected chi connectivity index (χ2v) is 6.84. The Labute approximate surface area is 167 Å². The van der Waals surface area contributed by atoms with Gasteiger partial charge in [0.1, 0.15) is 0 Å². The zero-order chi connectivity index (χ0) is 20.4. The first-order chi connectivity index (χ1) is 13.3. The number of aromatic amines is 3. The Morgan fingerprint density at radius 3 is 2.32 bits per heavy atom. The predicted octanol–water partition coefficient (Wildman–Crippen LogP) is 2.82. The minimum atomic E-state index is -0.729. The van der Waals surface area contributed by atoms with Crippen molar-refractivity contribution in [2.24, 2.45) is 0 Å². The summed E-state index contributed by atoms with van der Waals surface area (Å²) < 4.78 is 5.66. The van der Waals surface area contributed by atoms with Crippen LogP contribution in [0.3, 0.4) is 0 Å². The fraction of sp³-hybridized carbons (Fsp3) is 0.235. The van der Waals surface area contributed by atoms with Gasteiger partial charge < -0.3 is 4.74 Å². The van der Waals surface area contributed by atoms with Gasteiger partial charge in [0.2, 0.25) is 5.88 Å². The molecule has 0 fully saturated rings. The molecule has 1 unspecified atom stereocenters. The van der Waals surface area contributed by atoms with Crippen LogP contribution in [0.15, 0.2) is 32.6 Å². The Balaban J connectivity index is 2.00. The quantitative estimate of drug-likeness (QED) is 0.577. The van der Waals surface area contributed by atoms with Crippen molar-refractivity contribution in [3.05, 3.63) is 65.0 Å². The van der Waals surface area contributed by atoms with Crippen molar-refractivity contribution in [2.45, 2.75) is 26.2 Å². The van der Waals surface area contributed by atoms with Crippen molar-refractivity contribution in [2.75, 3.05) is 0 Å². The van der Waals surface area contributed by atoms with Crippen LogP contribution in [-0.2, 0) is 0 Å². The molecule has 0 spiro atoms. The van der Waals surface area contributed by atoms with Crippen molar-refractivity contribution < 1.29 is 4.74 Å². The third kappa shape index (κ3) is 4.00. The zero-order valence-corrected chi connectivity index (χ0v) is 16.3. The van der Waals surface area contributed by atoms with Gasteiger partial charge in [0.25, 0.3) is 11.1 Å². The van der Waals surface area contributed by atoms with Gasteiger partial charge in [0.05, 0.1) is 10.0 Å². The number of hydrogen-bond donors (Lipinski definition) is 3. The molecular weight excluding hydrogens is 409 g/mol. The van der Waals surface area contributed by atoms with E-state index in [9.17, 15) is 14.4 Å². The maximum absolute atomic E-state index is 11.9. The van der Waals surface area contributed by atoms with Crippen LogP contribution in [0.1, 0.15) is 31.7 Å². The van der Waals surface area contributed by atoms with E-state index < -0.39 is 11.2 Å². The summed E-state index contributed by atoms with van der Waals surface area (Å²) in [6.07, 6.45) is 0.767. The van der Waals surface area contributed by atoms with Crippen LogP contribution in [0.4, 0.5) is 0 Å². The summed E-state index contributed by atoms with van der Waals surface area (Å²) in [4.78, 5) is 37.0. The Kier molecular flexibility index (Phi) is 5.66. The molecule has 1 atom stereocenters. The number of nitrogens with one attached hydrogen (secondary N) is 3. The van der Waals surface area contributed by atoms with Crippen LogP contribution < -0.4 is 21.5 Å². The highest BCUT2D eigenvalue weighted by Crippen LogP contribution is 2.38. The van der Waals surface area contributed by atoms with Gasteiger partial charge in [-0.15, -0.1) is 5.10 Å². The fourth-order valence-corrected chi connectivity index (χ4v) is 3.05. The summed E-state index contributed by atoms with van der Waals surface area (Å²) in [6.45, 7) is 3.88. The molecular formula is C17H15Cl2N5O4. The van der Waals surface area contributed by atoms with E-state index in [2.05, 4.69) is 25.4 Å². The Hall–Kier alpha value is -2.91. The molecule has 0 saturated carbocycles. The third-order valence-electron chi connectivity index (χ3n) is 4.14. The molecule has 28 heavy (non-hydrogen) atoms. The number of benzene rings is 1. The maximum atomic E-state index is 11.9. The van der Waals surface area contributed by atoms with Gasteiger partial charge in [-0.2, -0.15) is 5.10 Å². The maximum Gasteiger partial charge on any atom is 0.342 e. The van der Waals surface area contributed by atoms with E-state index in [1.165, 1.54) is 18.2 Å². The van der Waals surface area contributed by atoms with Crippen LogP contribution in [0, 0.1) is 0 Å². The summed E-state index contributed by atoms with van der Waals surface area (Å²) >= 11 is 12.5. The number of hydrogen-bond acceptors (Lipinski definition) is 6. The number of halogens is 2. The lowest BCUT2D eigenvalue weighted by Gasteiger charge is -2.12. The minimum absolute atomic E-state index is 0.0143. The van der Waals surface area contributed by atoms with E-state index in [-0.39, 0.29) is 44.4 Å². The van der Waals surface area contributed by atoms with Gasteiger partial charge in [-0.1, -0.05) is 37.0 Å². The molecule has 3 aromatic rings. The number of nitrogens with zero attached hydrogens (tertiary/aromatic N) is 2. The summed E-state index contributed by atoms with van der Waals surface area (Å²) in [5, 5.41) is 12.3. The van der Waals surface area contributed by atoms with E-state index in [0.29, 0.717) is 5.56 Å². The number of H-pyrrole nitrogens is 3. The SMILES string of the molecule is CCC(C)c1cc(Oc2c(Cl)cc(-c3n[nH]c(=O)[nH]c3=O)cc2Cl)n[nH]c1=O. The van der Waals surface area contributed by atoms with E-state index >= 15 is 0 Å². The number of rotatable bonds is 5. The van der Waals surface area contributed by atoms with Gasteiger partial charge in [0.15, 0.2) is 11.4 Å². The van der Waals surface area contributed by atoms with E-state index in [0.717, 1.165) is 6.42 Å². The molecule has 0 bridgehead atoms. The lowest BCUT2D eigenvalue weighted by Crippen LogP contribution is -2.25. The van der Waals surface area contributed by atoms with E-state index in [1.807, 2.05) is 13.8 Å². The predicted molar refractivity (Wildman–Crippen MR) is 105 cm³/mol. The lowest BCUT2D eigenvalue weighted by atomic mass is 10.0. The van der Waals surface area contributed by atoms with Crippen molar-refractivity contribution >= 4 is 23.2 Å². The lowest BCUT2D eigenvalue weighted by molar-refractivity contribution is 0.452. The van der Waals surface area contributed by atoms with Gasteiger partial charge in [0, 0.05) is 17.2 Å². The van der Waals surface area contributed by atoms with Crippen molar-refractivity contribution in [3.8, 4) is 22.9 Å². The van der Waals surface area contributed by atoms with Gasteiger partial charge >= 0.3 is 5.69 Å². The highest BCUT2D eigenvalue weighted by Gasteiger charge is 2.17.